The van der Waals surface area contributed by atoms with Crippen LogP contribution in [0.1, 0.15) is 50.5 Å². The van der Waals surface area contributed by atoms with Crippen LogP contribution in [-0.2, 0) is 30.5 Å². The Balaban J connectivity index is 1.31. The third kappa shape index (κ3) is 6.69. The van der Waals surface area contributed by atoms with E-state index in [1.807, 2.05) is 24.3 Å². The maximum Gasteiger partial charge on any atom is 0.231 e. The van der Waals surface area contributed by atoms with Crippen LogP contribution in [0, 0.1) is 0 Å². The molecule has 0 aromatic heterocycles. The molecule has 12 heteroatoms. The Morgan fingerprint density at radius 1 is 0.745 bits per heavy atom. The molecule has 0 spiro atoms. The topological polar surface area (TPSA) is 115 Å². The molecule has 0 bridgehead atoms. The second-order valence-corrected chi connectivity index (χ2v) is 13.6. The van der Waals surface area contributed by atoms with Crippen LogP contribution < -0.4 is 47.9 Å². The smallest absolute Gasteiger partial charge is 0.231 e. The molecule has 3 aliphatic rings. The quantitative estimate of drug-likeness (QED) is 0.127. The standard InChI is InChI=1S/C43H48N2O10/c1-45-14-12-28-31(21-38(49-4)43(53-8)42(28)52-7)33(45)16-26-10-9-25(40(50-5)41(26)51-6)15-27-18-36-37(55-23-54-36)19-29(27)32(22-46)39-30-20-35(48-3)34(47-2)17-24(30)11-13-44-39/h9-10,17-22,33,44H,11-16,23H2,1-8H3/t33-/m1/s1. The molecule has 290 valence electrons. The lowest BCUT2D eigenvalue weighted by molar-refractivity contribution is -0.103. The lowest BCUT2D eigenvalue weighted by Crippen LogP contribution is -2.34. The van der Waals surface area contributed by atoms with Crippen molar-refractivity contribution in [3.8, 4) is 51.7 Å². The van der Waals surface area contributed by atoms with E-state index in [9.17, 15) is 4.79 Å². The first-order chi connectivity index (χ1) is 26.8. The van der Waals surface area contributed by atoms with Crippen LogP contribution >= 0.6 is 0 Å². The van der Waals surface area contributed by atoms with E-state index in [1.165, 1.54) is 0 Å². The van der Waals surface area contributed by atoms with Gasteiger partial charge in [-0.3, -0.25) is 9.69 Å². The van der Waals surface area contributed by atoms with E-state index in [0.717, 1.165) is 64.6 Å². The van der Waals surface area contributed by atoms with Crippen LogP contribution in [0.5, 0.6) is 51.7 Å². The van der Waals surface area contributed by atoms with E-state index in [2.05, 4.69) is 35.5 Å². The number of rotatable bonds is 13. The summed E-state index contributed by atoms with van der Waals surface area (Å²) in [5, 5.41) is 3.50. The van der Waals surface area contributed by atoms with Gasteiger partial charge in [0.05, 0.1) is 55.5 Å². The van der Waals surface area contributed by atoms with Gasteiger partial charge in [-0.25, -0.2) is 0 Å². The molecule has 0 amide bonds. The molecule has 3 aliphatic heterocycles. The number of nitrogens with zero attached hydrogens (tertiary/aromatic N) is 1. The van der Waals surface area contributed by atoms with Gasteiger partial charge in [0.25, 0.3) is 0 Å². The summed E-state index contributed by atoms with van der Waals surface area (Å²) in [4.78, 5) is 15.5. The number of ether oxygens (including phenoxy) is 9. The largest absolute Gasteiger partial charge is 0.493 e. The first-order valence-electron chi connectivity index (χ1n) is 18.2. The van der Waals surface area contributed by atoms with Crippen LogP contribution in [0.15, 0.2) is 42.5 Å². The highest BCUT2D eigenvalue weighted by Gasteiger charge is 2.33. The fraction of sp³-hybridized carbons (Fsp3) is 0.372. The molecular weight excluding hydrogens is 704 g/mol. The fourth-order valence-corrected chi connectivity index (χ4v) is 8.20. The summed E-state index contributed by atoms with van der Waals surface area (Å²) in [7, 11) is 13.6. The first-order valence-corrected chi connectivity index (χ1v) is 18.2. The van der Waals surface area contributed by atoms with Crippen LogP contribution in [0.3, 0.4) is 0 Å². The van der Waals surface area contributed by atoms with Crippen LogP contribution in [0.2, 0.25) is 0 Å². The van der Waals surface area contributed by atoms with Crippen LogP contribution in [-0.4, -0.2) is 87.9 Å². The van der Waals surface area contributed by atoms with Crippen molar-refractivity contribution < 1.29 is 47.4 Å². The number of benzene rings is 4. The summed E-state index contributed by atoms with van der Waals surface area (Å²) in [5.74, 6) is 5.58. The number of likely N-dealkylation sites (N-methyl/N-ethyl adjacent to an activating group) is 1. The molecule has 12 nitrogen and oxygen atoms in total. The van der Waals surface area contributed by atoms with E-state index < -0.39 is 0 Å². The number of hydrogen-bond donors (Lipinski definition) is 1. The Morgan fingerprint density at radius 3 is 2.07 bits per heavy atom. The third-order valence-corrected chi connectivity index (χ3v) is 10.9. The lowest BCUT2D eigenvalue weighted by atomic mass is 9.86. The molecule has 0 aliphatic carbocycles. The molecule has 0 fully saturated rings. The summed E-state index contributed by atoms with van der Waals surface area (Å²) < 4.78 is 52.5. The minimum Gasteiger partial charge on any atom is -0.493 e. The van der Waals surface area contributed by atoms with Gasteiger partial charge >= 0.3 is 0 Å². The highest BCUT2D eigenvalue weighted by molar-refractivity contribution is 6.18. The second-order valence-electron chi connectivity index (χ2n) is 13.6. The molecule has 0 saturated carbocycles. The molecule has 4 aromatic carbocycles. The average molecular weight is 753 g/mol. The molecular formula is C43H48N2O10. The first kappa shape index (κ1) is 37.6. The third-order valence-electron chi connectivity index (χ3n) is 10.9. The zero-order chi connectivity index (χ0) is 38.8. The van der Waals surface area contributed by atoms with E-state index in [1.54, 1.807) is 49.8 Å². The van der Waals surface area contributed by atoms with Crippen molar-refractivity contribution in [2.75, 3.05) is 76.7 Å². The number of allylic oxidation sites excluding steroid dienone is 1. The van der Waals surface area contributed by atoms with Crippen LogP contribution in [0.4, 0.5) is 0 Å². The summed E-state index contributed by atoms with van der Waals surface area (Å²) >= 11 is 0. The molecule has 1 atom stereocenters. The Hall–Kier alpha value is -5.75. The summed E-state index contributed by atoms with van der Waals surface area (Å²) in [6, 6.07) is 14.0. The Bertz CT molecular complexity index is 2150. The van der Waals surface area contributed by atoms with Gasteiger partial charge in [-0.15, -0.1) is 0 Å². The predicted molar refractivity (Wildman–Crippen MR) is 208 cm³/mol. The molecule has 0 saturated heterocycles. The van der Waals surface area contributed by atoms with E-state index in [-0.39, 0.29) is 12.8 Å². The minimum absolute atomic E-state index is 0.00591. The zero-order valence-corrected chi connectivity index (χ0v) is 32.7. The highest BCUT2D eigenvalue weighted by Crippen LogP contribution is 2.49. The zero-order valence-electron chi connectivity index (χ0n) is 32.7. The van der Waals surface area contributed by atoms with Gasteiger partial charge in [0, 0.05) is 47.8 Å². The maximum absolute atomic E-state index is 13.2. The minimum atomic E-state index is -0.00591. The summed E-state index contributed by atoms with van der Waals surface area (Å²) in [6.07, 6.45) is 3.52. The Kier molecular flexibility index (Phi) is 10.9. The van der Waals surface area contributed by atoms with E-state index >= 15 is 0 Å². The SMILES string of the molecule is COc1cc2c(cc1OC)C(=C(C=O)c1cc3c(cc1Cc1ccc(C[C@@H]4c5cc(OC)c(OC)c(OC)c5CCN4C)c(OC)c1OC)OCO3)NCC2. The lowest BCUT2D eigenvalue weighted by Gasteiger charge is -2.36. The summed E-state index contributed by atoms with van der Waals surface area (Å²) in [6.45, 7) is 1.58. The van der Waals surface area contributed by atoms with Gasteiger partial charge in [-0.2, -0.15) is 0 Å². The van der Waals surface area contributed by atoms with Gasteiger partial charge < -0.3 is 47.9 Å². The molecule has 7 rings (SSSR count). The molecule has 55 heavy (non-hydrogen) atoms. The van der Waals surface area contributed by atoms with Crippen molar-refractivity contribution in [3.05, 3.63) is 87.0 Å². The highest BCUT2D eigenvalue weighted by atomic mass is 16.7. The predicted octanol–water partition coefficient (Wildman–Crippen LogP) is 6.05. The van der Waals surface area contributed by atoms with Crippen molar-refractivity contribution >= 4 is 17.6 Å². The number of aldehydes is 1. The number of methoxy groups -OCH3 is 7. The van der Waals surface area contributed by atoms with Crippen molar-refractivity contribution in [1.82, 2.24) is 10.2 Å². The fourth-order valence-electron chi connectivity index (χ4n) is 8.20. The molecule has 3 heterocycles. The molecule has 0 unspecified atom stereocenters. The number of hydrogen-bond acceptors (Lipinski definition) is 12. The monoisotopic (exact) mass is 752 g/mol. The Labute approximate surface area is 321 Å². The summed E-state index contributed by atoms with van der Waals surface area (Å²) in [5.41, 5.74) is 8.78. The normalized spacial score (nSPS) is 16.6. The number of carbonyl (C=O) groups excluding carboxylic acids is 1. The number of carbonyl (C=O) groups is 1. The Morgan fingerprint density at radius 2 is 1.40 bits per heavy atom. The van der Waals surface area contributed by atoms with Gasteiger partial charge in [0.15, 0.2) is 52.3 Å². The van der Waals surface area contributed by atoms with E-state index in [0.29, 0.717) is 88.0 Å². The van der Waals surface area contributed by atoms with Crippen molar-refractivity contribution in [1.29, 1.82) is 0 Å². The van der Waals surface area contributed by atoms with Gasteiger partial charge in [0.1, 0.15) is 0 Å². The van der Waals surface area contributed by atoms with Gasteiger partial charge in [-0.05, 0) is 84.5 Å². The molecule has 4 aromatic rings. The van der Waals surface area contributed by atoms with Gasteiger partial charge in [0.2, 0.25) is 12.5 Å². The number of nitrogens with one attached hydrogen (secondary N) is 1. The molecule has 0 radical (unpaired) electrons. The number of fused-ring (bicyclic) bond motifs is 3. The second kappa shape index (κ2) is 15.9. The average Bonchev–Trinajstić information content (AvgIpc) is 3.68. The van der Waals surface area contributed by atoms with E-state index in [4.69, 9.17) is 42.6 Å². The van der Waals surface area contributed by atoms with Crippen molar-refractivity contribution in [2.24, 2.45) is 0 Å². The molecule has 1 N–H and O–H groups in total. The van der Waals surface area contributed by atoms with Crippen molar-refractivity contribution in [3.63, 3.8) is 0 Å². The van der Waals surface area contributed by atoms with Crippen LogP contribution in [0.25, 0.3) is 11.3 Å². The van der Waals surface area contributed by atoms with Gasteiger partial charge in [-0.1, -0.05) is 12.1 Å². The van der Waals surface area contributed by atoms with Crippen molar-refractivity contribution in [2.45, 2.75) is 31.7 Å². The maximum atomic E-state index is 13.2.